The molecule has 1 unspecified atom stereocenters. The first kappa shape index (κ1) is 10.3. The largest absolute Gasteiger partial charge is 0.481 e. The lowest BCUT2D eigenvalue weighted by molar-refractivity contribution is -0.136. The summed E-state index contributed by atoms with van der Waals surface area (Å²) < 4.78 is 18.3. The van der Waals surface area contributed by atoms with Crippen molar-refractivity contribution in [2.75, 3.05) is 13.2 Å². The van der Waals surface area contributed by atoms with E-state index in [0.717, 1.165) is 18.3 Å². The van der Waals surface area contributed by atoms with Crippen molar-refractivity contribution in [2.24, 2.45) is 0 Å². The molecule has 0 radical (unpaired) electrons. The minimum absolute atomic E-state index is 0.0434. The average Bonchev–Trinajstić information content (AvgIpc) is 2.92. The molecule has 0 bridgehead atoms. The number of hydrogen-bond donors (Lipinski definition) is 1. The highest BCUT2D eigenvalue weighted by Gasteiger charge is 2.24. The van der Waals surface area contributed by atoms with Crippen LogP contribution in [0, 0.1) is 0 Å². The zero-order valence-corrected chi connectivity index (χ0v) is 8.70. The molecule has 1 fully saturated rings. The maximum Gasteiger partial charge on any atom is 0.303 e. The van der Waals surface area contributed by atoms with Gasteiger partial charge in [0.15, 0.2) is 0 Å². The number of aliphatic carboxylic acids is 1. The number of aryl methyl sites for hydroxylation is 1. The van der Waals surface area contributed by atoms with Crippen LogP contribution < -0.4 is 4.74 Å². The Balaban J connectivity index is 1.85. The topological polar surface area (TPSA) is 84.8 Å². The van der Waals surface area contributed by atoms with Gasteiger partial charge in [-0.05, 0) is 0 Å². The van der Waals surface area contributed by atoms with Crippen LogP contribution in [0.3, 0.4) is 0 Å². The van der Waals surface area contributed by atoms with Crippen LogP contribution in [0.4, 0.5) is 0 Å². The van der Waals surface area contributed by atoms with E-state index in [9.17, 15) is 4.79 Å². The second-order valence-corrected chi connectivity index (χ2v) is 3.70. The van der Waals surface area contributed by atoms with Crippen molar-refractivity contribution < 1.29 is 19.4 Å². The van der Waals surface area contributed by atoms with Gasteiger partial charge in [0, 0.05) is 6.42 Å². The Morgan fingerprint density at radius 2 is 2.47 bits per heavy atom. The van der Waals surface area contributed by atoms with Crippen molar-refractivity contribution in [1.29, 1.82) is 0 Å². The predicted molar refractivity (Wildman–Crippen MR) is 51.1 cm³/mol. The highest BCUT2D eigenvalue weighted by Crippen LogP contribution is 2.19. The number of hydrogen-bond acceptors (Lipinski definition) is 6. The van der Waals surface area contributed by atoms with Gasteiger partial charge in [0.1, 0.15) is 18.4 Å². The van der Waals surface area contributed by atoms with Crippen molar-refractivity contribution in [3.63, 3.8) is 0 Å². The third kappa shape index (κ3) is 3.14. The molecular weight excluding hydrogens is 220 g/mol. The number of carboxylic acids is 1. The van der Waals surface area contributed by atoms with Crippen LogP contribution in [0.2, 0.25) is 0 Å². The third-order valence-electron chi connectivity index (χ3n) is 1.91. The lowest BCUT2D eigenvalue weighted by Gasteiger charge is -2.01. The van der Waals surface area contributed by atoms with Crippen molar-refractivity contribution in [2.45, 2.75) is 18.9 Å². The van der Waals surface area contributed by atoms with Crippen LogP contribution in [0.25, 0.3) is 0 Å². The summed E-state index contributed by atoms with van der Waals surface area (Å²) in [5, 5.41) is 8.53. The van der Waals surface area contributed by atoms with Crippen LogP contribution in [0.5, 0.6) is 5.88 Å². The summed E-state index contributed by atoms with van der Waals surface area (Å²) >= 11 is 1.03. The van der Waals surface area contributed by atoms with Gasteiger partial charge in [0.25, 0.3) is 0 Å². The second-order valence-electron chi connectivity index (χ2n) is 3.18. The van der Waals surface area contributed by atoms with Gasteiger partial charge in [0.05, 0.1) is 24.8 Å². The fourth-order valence-electron chi connectivity index (χ4n) is 1.02. The van der Waals surface area contributed by atoms with Crippen molar-refractivity contribution in [1.82, 2.24) is 8.75 Å². The highest BCUT2D eigenvalue weighted by molar-refractivity contribution is 6.99. The van der Waals surface area contributed by atoms with E-state index < -0.39 is 5.97 Å². The van der Waals surface area contributed by atoms with E-state index >= 15 is 0 Å². The molecule has 1 aromatic rings. The number of carboxylic acid groups (broad SMARTS) is 1. The van der Waals surface area contributed by atoms with Crippen molar-refractivity contribution >= 4 is 17.7 Å². The standard InChI is InChI=1S/C8H10N2O4S/c11-7(12)2-1-6-8(10-15-9-6)14-4-5-3-13-5/h5H,1-4H2,(H,11,12). The molecule has 7 heteroatoms. The minimum Gasteiger partial charge on any atom is -0.481 e. The number of carbonyl (C=O) groups is 1. The fourth-order valence-corrected chi connectivity index (χ4v) is 1.56. The Hall–Kier alpha value is -1.21. The molecule has 1 aliphatic rings. The molecule has 1 aliphatic heterocycles. The van der Waals surface area contributed by atoms with Crippen LogP contribution >= 0.6 is 11.7 Å². The first-order chi connectivity index (χ1) is 7.25. The first-order valence-electron chi connectivity index (χ1n) is 4.53. The Kier molecular flexibility index (Phi) is 3.12. The van der Waals surface area contributed by atoms with E-state index in [1.807, 2.05) is 0 Å². The first-order valence-corrected chi connectivity index (χ1v) is 5.26. The SMILES string of the molecule is O=C(O)CCc1nsnc1OCC1CO1. The van der Waals surface area contributed by atoms with Crippen LogP contribution in [0.15, 0.2) is 0 Å². The number of ether oxygens (including phenoxy) is 2. The average molecular weight is 230 g/mol. The highest BCUT2D eigenvalue weighted by atomic mass is 32.1. The third-order valence-corrected chi connectivity index (χ3v) is 2.46. The molecule has 0 saturated carbocycles. The molecule has 1 aromatic heterocycles. The number of aromatic nitrogens is 2. The molecule has 2 heterocycles. The van der Waals surface area contributed by atoms with Gasteiger partial charge < -0.3 is 14.6 Å². The summed E-state index contributed by atoms with van der Waals surface area (Å²) in [6, 6.07) is 0. The maximum absolute atomic E-state index is 10.4. The molecule has 6 nitrogen and oxygen atoms in total. The molecule has 0 amide bonds. The second kappa shape index (κ2) is 4.54. The zero-order chi connectivity index (χ0) is 10.7. The van der Waals surface area contributed by atoms with E-state index in [1.165, 1.54) is 0 Å². The summed E-state index contributed by atoms with van der Waals surface area (Å²) in [7, 11) is 0. The van der Waals surface area contributed by atoms with Gasteiger partial charge in [-0.15, -0.1) is 4.37 Å². The van der Waals surface area contributed by atoms with Crippen LogP contribution in [-0.4, -0.2) is 39.1 Å². The molecule has 0 aromatic carbocycles. The lowest BCUT2D eigenvalue weighted by atomic mass is 10.2. The van der Waals surface area contributed by atoms with Gasteiger partial charge in [-0.2, -0.15) is 4.37 Å². The summed E-state index contributed by atoms with van der Waals surface area (Å²) in [5.41, 5.74) is 0.614. The summed E-state index contributed by atoms with van der Waals surface area (Å²) in [6.45, 7) is 1.19. The smallest absolute Gasteiger partial charge is 0.303 e. The molecule has 1 atom stereocenters. The molecule has 2 rings (SSSR count). The molecule has 0 spiro atoms. The van der Waals surface area contributed by atoms with E-state index in [0.29, 0.717) is 24.6 Å². The van der Waals surface area contributed by atoms with Crippen molar-refractivity contribution in [3.8, 4) is 5.88 Å². The molecule has 0 aliphatic carbocycles. The summed E-state index contributed by atoms with van der Waals surface area (Å²) in [6.07, 6.45) is 0.563. The van der Waals surface area contributed by atoms with Gasteiger partial charge in [-0.25, -0.2) is 0 Å². The Labute approximate surface area is 90.2 Å². The van der Waals surface area contributed by atoms with Gasteiger partial charge in [-0.1, -0.05) is 0 Å². The summed E-state index contributed by atoms with van der Waals surface area (Å²) in [5.74, 6) is -0.406. The molecule has 82 valence electrons. The molecule has 15 heavy (non-hydrogen) atoms. The molecule has 1 saturated heterocycles. The number of epoxide rings is 1. The van der Waals surface area contributed by atoms with Crippen LogP contribution in [0.1, 0.15) is 12.1 Å². The minimum atomic E-state index is -0.848. The predicted octanol–water partition coefficient (Wildman–Crippen LogP) is 0.333. The molecule has 1 N–H and O–H groups in total. The molecular formula is C8H10N2O4S. The van der Waals surface area contributed by atoms with Crippen molar-refractivity contribution in [3.05, 3.63) is 5.69 Å². The van der Waals surface area contributed by atoms with Gasteiger partial charge in [-0.3, -0.25) is 4.79 Å². The Morgan fingerprint density at radius 1 is 1.67 bits per heavy atom. The quantitative estimate of drug-likeness (QED) is 0.709. The van der Waals surface area contributed by atoms with Crippen LogP contribution in [-0.2, 0) is 16.0 Å². The zero-order valence-electron chi connectivity index (χ0n) is 7.88. The van der Waals surface area contributed by atoms with E-state index in [1.54, 1.807) is 0 Å². The normalized spacial score (nSPS) is 18.8. The number of nitrogens with zero attached hydrogens (tertiary/aromatic N) is 2. The monoisotopic (exact) mass is 230 g/mol. The Bertz CT molecular complexity index is 350. The van der Waals surface area contributed by atoms with Gasteiger partial charge in [0.2, 0.25) is 5.88 Å². The lowest BCUT2D eigenvalue weighted by Crippen LogP contribution is -2.06. The van der Waals surface area contributed by atoms with E-state index in [2.05, 4.69) is 8.75 Å². The van der Waals surface area contributed by atoms with E-state index in [4.69, 9.17) is 14.6 Å². The fraction of sp³-hybridized carbons (Fsp3) is 0.625. The van der Waals surface area contributed by atoms with E-state index in [-0.39, 0.29) is 12.5 Å². The Morgan fingerprint density at radius 3 is 3.13 bits per heavy atom. The summed E-state index contributed by atoms with van der Waals surface area (Å²) in [4.78, 5) is 10.4. The maximum atomic E-state index is 10.4. The van der Waals surface area contributed by atoms with Gasteiger partial charge >= 0.3 is 5.97 Å². The number of rotatable bonds is 6.